The Bertz CT molecular complexity index is 740. The molecule has 1 aromatic heterocycles. The minimum Gasteiger partial charge on any atom is -0.287 e. The van der Waals surface area contributed by atoms with E-state index < -0.39 is 0 Å². The van der Waals surface area contributed by atoms with Crippen LogP contribution in [0, 0.1) is 0 Å². The molecule has 0 radical (unpaired) electrons. The number of benzene rings is 2. The molecule has 2 aromatic carbocycles. The number of carbonyl (C=O) groups excluding carboxylic acids is 1. The van der Waals surface area contributed by atoms with Gasteiger partial charge in [0.2, 0.25) is 5.91 Å². The molecular formula is C18H17NO. The van der Waals surface area contributed by atoms with Gasteiger partial charge in [-0.15, -0.1) is 0 Å². The first kappa shape index (κ1) is 12.7. The van der Waals surface area contributed by atoms with Crippen LogP contribution in [0.5, 0.6) is 0 Å². The summed E-state index contributed by atoms with van der Waals surface area (Å²) in [5, 5.41) is 1.13. The molecule has 0 spiro atoms. The minimum atomic E-state index is 0.0622. The van der Waals surface area contributed by atoms with Gasteiger partial charge in [0.05, 0.1) is 5.52 Å². The number of para-hydroxylation sites is 1. The van der Waals surface area contributed by atoms with Crippen molar-refractivity contribution in [1.29, 1.82) is 0 Å². The average molecular weight is 263 g/mol. The minimum absolute atomic E-state index is 0.0622. The van der Waals surface area contributed by atoms with Crippen molar-refractivity contribution in [3.05, 3.63) is 71.9 Å². The third kappa shape index (κ3) is 2.37. The predicted octanol–water partition coefficient (Wildman–Crippen LogP) is 4.09. The molecule has 0 saturated carbocycles. The monoisotopic (exact) mass is 263 g/mol. The van der Waals surface area contributed by atoms with Crippen LogP contribution < -0.4 is 0 Å². The van der Waals surface area contributed by atoms with Crippen LogP contribution in [0.1, 0.15) is 22.8 Å². The molecule has 0 N–H and O–H groups in total. The number of rotatable bonds is 3. The van der Waals surface area contributed by atoms with E-state index in [9.17, 15) is 4.79 Å². The summed E-state index contributed by atoms with van der Waals surface area (Å²) in [7, 11) is 0. The topological polar surface area (TPSA) is 22.0 Å². The fourth-order valence-corrected chi connectivity index (χ4v) is 2.66. The van der Waals surface area contributed by atoms with Gasteiger partial charge in [-0.1, -0.05) is 48.5 Å². The van der Waals surface area contributed by atoms with Crippen molar-refractivity contribution in [1.82, 2.24) is 4.57 Å². The van der Waals surface area contributed by atoms with Crippen molar-refractivity contribution in [3.63, 3.8) is 0 Å². The Hall–Kier alpha value is -2.35. The van der Waals surface area contributed by atoms with E-state index in [0.29, 0.717) is 0 Å². The molecule has 3 rings (SSSR count). The maximum Gasteiger partial charge on any atom is 0.227 e. The van der Waals surface area contributed by atoms with Crippen LogP contribution in [0.15, 0.2) is 60.8 Å². The first-order chi connectivity index (χ1) is 9.75. The highest BCUT2D eigenvalue weighted by atomic mass is 16.1. The Morgan fingerprint density at radius 2 is 1.75 bits per heavy atom. The maximum absolute atomic E-state index is 11.7. The molecule has 0 aliphatic rings. The van der Waals surface area contributed by atoms with Crippen molar-refractivity contribution in [3.8, 4) is 0 Å². The Kier molecular flexibility index (Phi) is 3.38. The molecule has 1 heterocycles. The van der Waals surface area contributed by atoms with Crippen LogP contribution in [0.25, 0.3) is 10.9 Å². The highest BCUT2D eigenvalue weighted by Gasteiger charge is 2.09. The van der Waals surface area contributed by atoms with E-state index in [4.69, 9.17) is 0 Å². The largest absolute Gasteiger partial charge is 0.287 e. The third-order valence-electron chi connectivity index (χ3n) is 3.66. The highest BCUT2D eigenvalue weighted by Crippen LogP contribution is 2.22. The molecule has 0 atom stereocenters. The Balaban J connectivity index is 1.95. The Morgan fingerprint density at radius 3 is 2.50 bits per heavy atom. The second-order valence-electron chi connectivity index (χ2n) is 5.05. The summed E-state index contributed by atoms with van der Waals surface area (Å²) >= 11 is 0. The lowest BCUT2D eigenvalue weighted by Gasteiger charge is -2.07. The van der Waals surface area contributed by atoms with Gasteiger partial charge in [-0.25, -0.2) is 0 Å². The van der Waals surface area contributed by atoms with Crippen LogP contribution in [0.2, 0.25) is 0 Å². The summed E-state index contributed by atoms with van der Waals surface area (Å²) in [6.45, 7) is 1.60. The molecule has 0 fully saturated rings. The SMILES string of the molecule is CC(=O)n1ccc2cccc(CCc3ccccc3)c21. The molecule has 0 aliphatic heterocycles. The predicted molar refractivity (Wildman–Crippen MR) is 82.1 cm³/mol. The van der Waals surface area contributed by atoms with Gasteiger partial charge in [0, 0.05) is 18.5 Å². The van der Waals surface area contributed by atoms with E-state index in [-0.39, 0.29) is 5.91 Å². The summed E-state index contributed by atoms with van der Waals surface area (Å²) in [5.41, 5.74) is 3.60. The lowest BCUT2D eigenvalue weighted by atomic mass is 10.0. The third-order valence-corrected chi connectivity index (χ3v) is 3.66. The zero-order valence-corrected chi connectivity index (χ0v) is 11.5. The van der Waals surface area contributed by atoms with Crippen LogP contribution in [0.4, 0.5) is 0 Å². The van der Waals surface area contributed by atoms with Crippen LogP contribution in [-0.4, -0.2) is 10.5 Å². The number of hydrogen-bond acceptors (Lipinski definition) is 1. The van der Waals surface area contributed by atoms with Gasteiger partial charge in [-0.2, -0.15) is 0 Å². The molecule has 2 heteroatoms. The fourth-order valence-electron chi connectivity index (χ4n) is 2.66. The van der Waals surface area contributed by atoms with Crippen LogP contribution in [0.3, 0.4) is 0 Å². The molecule has 0 aliphatic carbocycles. The summed E-state index contributed by atoms with van der Waals surface area (Å²) in [5.74, 6) is 0.0622. The van der Waals surface area contributed by atoms with Crippen molar-refractivity contribution in [2.24, 2.45) is 0 Å². The smallest absolute Gasteiger partial charge is 0.227 e. The Labute approximate surface area is 118 Å². The maximum atomic E-state index is 11.7. The molecule has 100 valence electrons. The van der Waals surface area contributed by atoms with Gasteiger partial charge in [0.15, 0.2) is 0 Å². The van der Waals surface area contributed by atoms with E-state index in [1.54, 1.807) is 11.5 Å². The molecular weight excluding hydrogens is 246 g/mol. The van der Waals surface area contributed by atoms with Gasteiger partial charge in [0.25, 0.3) is 0 Å². The quantitative estimate of drug-likeness (QED) is 0.697. The van der Waals surface area contributed by atoms with Gasteiger partial charge < -0.3 is 0 Å². The van der Waals surface area contributed by atoms with E-state index >= 15 is 0 Å². The van der Waals surface area contributed by atoms with E-state index in [2.05, 4.69) is 42.5 Å². The molecule has 0 amide bonds. The number of hydrogen-bond donors (Lipinski definition) is 0. The number of aromatic nitrogens is 1. The number of carbonyl (C=O) groups is 1. The van der Waals surface area contributed by atoms with Gasteiger partial charge in [-0.05, 0) is 30.0 Å². The van der Waals surface area contributed by atoms with Crippen molar-refractivity contribution in [2.45, 2.75) is 19.8 Å². The normalized spacial score (nSPS) is 10.8. The summed E-state index contributed by atoms with van der Waals surface area (Å²) in [6, 6.07) is 18.7. The molecule has 0 unspecified atom stereocenters. The van der Waals surface area contributed by atoms with E-state index in [1.807, 2.05) is 18.3 Å². The number of nitrogens with zero attached hydrogens (tertiary/aromatic N) is 1. The molecule has 0 saturated heterocycles. The lowest BCUT2D eigenvalue weighted by Crippen LogP contribution is -2.05. The standard InChI is InChI=1S/C18H17NO/c1-14(20)19-13-12-17-9-5-8-16(18(17)19)11-10-15-6-3-2-4-7-15/h2-9,12-13H,10-11H2,1H3. The average Bonchev–Trinajstić information content (AvgIpc) is 2.91. The second kappa shape index (κ2) is 5.33. The van der Waals surface area contributed by atoms with Gasteiger partial charge in [0.1, 0.15) is 0 Å². The lowest BCUT2D eigenvalue weighted by molar-refractivity contribution is 0.0941. The van der Waals surface area contributed by atoms with E-state index in [1.165, 1.54) is 11.1 Å². The number of aryl methyl sites for hydroxylation is 2. The summed E-state index contributed by atoms with van der Waals surface area (Å²) in [6.07, 6.45) is 3.79. The van der Waals surface area contributed by atoms with Crippen LogP contribution >= 0.6 is 0 Å². The summed E-state index contributed by atoms with van der Waals surface area (Å²) < 4.78 is 1.75. The summed E-state index contributed by atoms with van der Waals surface area (Å²) in [4.78, 5) is 11.7. The second-order valence-corrected chi connectivity index (χ2v) is 5.05. The highest BCUT2D eigenvalue weighted by molar-refractivity contribution is 5.93. The molecule has 20 heavy (non-hydrogen) atoms. The van der Waals surface area contributed by atoms with Crippen molar-refractivity contribution in [2.75, 3.05) is 0 Å². The Morgan fingerprint density at radius 1 is 0.950 bits per heavy atom. The molecule has 2 nitrogen and oxygen atoms in total. The van der Waals surface area contributed by atoms with Crippen LogP contribution in [-0.2, 0) is 12.8 Å². The van der Waals surface area contributed by atoms with Gasteiger partial charge >= 0.3 is 0 Å². The van der Waals surface area contributed by atoms with Crippen molar-refractivity contribution >= 4 is 16.8 Å². The number of fused-ring (bicyclic) bond motifs is 1. The van der Waals surface area contributed by atoms with Gasteiger partial charge in [-0.3, -0.25) is 9.36 Å². The van der Waals surface area contributed by atoms with Crippen molar-refractivity contribution < 1.29 is 4.79 Å². The zero-order valence-electron chi connectivity index (χ0n) is 11.5. The first-order valence-corrected chi connectivity index (χ1v) is 6.89. The molecule has 3 aromatic rings. The molecule has 0 bridgehead atoms. The van der Waals surface area contributed by atoms with E-state index in [0.717, 1.165) is 23.7 Å². The fraction of sp³-hybridized carbons (Fsp3) is 0.167. The zero-order chi connectivity index (χ0) is 13.9. The first-order valence-electron chi connectivity index (χ1n) is 6.89.